The van der Waals surface area contributed by atoms with Crippen LogP contribution in [0.5, 0.6) is 0 Å². The van der Waals surface area contributed by atoms with Gasteiger partial charge < -0.3 is 0 Å². The Morgan fingerprint density at radius 1 is 1.46 bits per heavy atom. The lowest BCUT2D eigenvalue weighted by Gasteiger charge is -2.66. The van der Waals surface area contributed by atoms with Crippen molar-refractivity contribution < 1.29 is 12.6 Å². The molecule has 0 radical (unpaired) electrons. The van der Waals surface area contributed by atoms with Gasteiger partial charge in [0.15, 0.2) is 0 Å². The zero-order valence-electron chi connectivity index (χ0n) is 7.41. The molecular weight excluding hydrogens is 190 g/mol. The molecule has 0 unspecified atom stereocenters. The van der Waals surface area contributed by atoms with Crippen molar-refractivity contribution in [1.29, 1.82) is 5.26 Å². The van der Waals surface area contributed by atoms with Crippen molar-refractivity contribution in [2.75, 3.05) is 12.9 Å². The fraction of sp³-hybridized carbons (Fsp3) is 0.875. The maximum atomic E-state index is 11.1. The first-order chi connectivity index (χ1) is 5.95. The maximum absolute atomic E-state index is 11.1. The number of nitriles is 1. The van der Waals surface area contributed by atoms with Crippen LogP contribution >= 0.6 is 0 Å². The van der Waals surface area contributed by atoms with E-state index in [1.165, 1.54) is 7.11 Å². The molecule has 0 saturated heterocycles. The van der Waals surface area contributed by atoms with E-state index in [2.05, 4.69) is 10.3 Å². The molecule has 3 aliphatic rings. The number of nitrogens with zero attached hydrogens (tertiary/aromatic N) is 1. The highest BCUT2D eigenvalue weighted by Gasteiger charge is 2.69. The molecule has 3 saturated carbocycles. The van der Waals surface area contributed by atoms with Gasteiger partial charge in [0.2, 0.25) is 0 Å². The van der Waals surface area contributed by atoms with E-state index in [0.29, 0.717) is 0 Å². The molecule has 3 rings (SSSR count). The van der Waals surface area contributed by atoms with Gasteiger partial charge in [0.1, 0.15) is 0 Å². The van der Waals surface area contributed by atoms with Gasteiger partial charge in [0, 0.05) is 0 Å². The second-order valence-corrected chi connectivity index (χ2v) is 6.03. The second-order valence-electron chi connectivity index (χ2n) is 4.29. The van der Waals surface area contributed by atoms with Crippen molar-refractivity contribution in [1.82, 2.24) is 0 Å². The first kappa shape index (κ1) is 8.97. The van der Waals surface area contributed by atoms with E-state index in [4.69, 9.17) is 5.26 Å². The van der Waals surface area contributed by atoms with Crippen molar-refractivity contribution in [3.05, 3.63) is 0 Å². The molecule has 0 aromatic rings. The molecule has 3 aliphatic carbocycles. The molecule has 0 atom stereocenters. The summed E-state index contributed by atoms with van der Waals surface area (Å²) >= 11 is 0. The lowest BCUT2D eigenvalue weighted by molar-refractivity contribution is -0.145. The van der Waals surface area contributed by atoms with E-state index >= 15 is 0 Å². The summed E-state index contributed by atoms with van der Waals surface area (Å²) in [4.78, 5) is 0. The molecule has 72 valence electrons. The van der Waals surface area contributed by atoms with E-state index < -0.39 is 10.1 Å². The van der Waals surface area contributed by atoms with Crippen molar-refractivity contribution in [3.63, 3.8) is 0 Å². The Labute approximate surface area is 77.6 Å². The fourth-order valence-corrected chi connectivity index (χ4v) is 3.88. The summed E-state index contributed by atoms with van der Waals surface area (Å²) in [7, 11) is -2.16. The largest absolute Gasteiger partial charge is 0.273 e. The molecule has 0 N–H and O–H groups in total. The van der Waals surface area contributed by atoms with Crippen LogP contribution in [0.4, 0.5) is 0 Å². The lowest BCUT2D eigenvalue weighted by Crippen LogP contribution is -2.63. The highest BCUT2D eigenvalue weighted by atomic mass is 32.2. The molecule has 0 aromatic heterocycles. The average molecular weight is 201 g/mol. The molecule has 2 bridgehead atoms. The van der Waals surface area contributed by atoms with Gasteiger partial charge >= 0.3 is 0 Å². The van der Waals surface area contributed by atoms with Gasteiger partial charge in [-0.25, -0.2) is 0 Å². The fourth-order valence-electron chi connectivity index (χ4n) is 2.70. The maximum Gasteiger partial charge on any atom is 0.267 e. The second kappa shape index (κ2) is 2.25. The minimum absolute atomic E-state index is 0.0833. The summed E-state index contributed by atoms with van der Waals surface area (Å²) in [6, 6.07) is 2.24. The first-order valence-electron chi connectivity index (χ1n) is 4.15. The van der Waals surface area contributed by atoms with Crippen LogP contribution in [-0.2, 0) is 14.3 Å². The Kier molecular flexibility index (Phi) is 1.55. The third-order valence-electron chi connectivity index (χ3n) is 3.11. The van der Waals surface area contributed by atoms with E-state index in [9.17, 15) is 8.42 Å². The van der Waals surface area contributed by atoms with Gasteiger partial charge in [-0.1, -0.05) is 0 Å². The lowest BCUT2D eigenvalue weighted by atomic mass is 9.36. The zero-order valence-corrected chi connectivity index (χ0v) is 8.23. The van der Waals surface area contributed by atoms with Crippen LogP contribution in [0.1, 0.15) is 19.3 Å². The van der Waals surface area contributed by atoms with E-state index in [-0.39, 0.29) is 16.6 Å². The highest BCUT2D eigenvalue weighted by Crippen LogP contribution is 2.73. The summed E-state index contributed by atoms with van der Waals surface area (Å²) in [5, 5.41) is 8.72. The average Bonchev–Trinajstić information content (AvgIpc) is 1.94. The smallest absolute Gasteiger partial charge is 0.267 e. The van der Waals surface area contributed by atoms with Crippen molar-refractivity contribution in [3.8, 4) is 6.07 Å². The molecule has 0 spiro atoms. The monoisotopic (exact) mass is 201 g/mol. The first-order valence-corrected chi connectivity index (χ1v) is 5.72. The van der Waals surface area contributed by atoms with Crippen LogP contribution in [0.2, 0.25) is 0 Å². The quantitative estimate of drug-likeness (QED) is 0.629. The van der Waals surface area contributed by atoms with Gasteiger partial charge in [-0.05, 0) is 24.7 Å². The van der Waals surface area contributed by atoms with Crippen LogP contribution in [0.25, 0.3) is 0 Å². The number of hydrogen-bond acceptors (Lipinski definition) is 4. The third-order valence-corrected chi connectivity index (χ3v) is 4.59. The molecule has 5 heteroatoms. The predicted molar refractivity (Wildman–Crippen MR) is 45.1 cm³/mol. The van der Waals surface area contributed by atoms with Crippen molar-refractivity contribution >= 4 is 10.1 Å². The molecule has 0 aromatic carbocycles. The minimum atomic E-state index is -3.34. The van der Waals surface area contributed by atoms with Gasteiger partial charge in [0.05, 0.1) is 24.3 Å². The Morgan fingerprint density at radius 3 is 2.38 bits per heavy atom. The molecule has 0 heterocycles. The molecule has 4 nitrogen and oxygen atoms in total. The summed E-state index contributed by atoms with van der Waals surface area (Å²) in [6.07, 6.45) is 2.21. The number of hydrogen-bond donors (Lipinski definition) is 0. The zero-order chi connectivity index (χ0) is 9.74. The van der Waals surface area contributed by atoms with Gasteiger partial charge in [0.25, 0.3) is 10.1 Å². The van der Waals surface area contributed by atoms with Crippen LogP contribution < -0.4 is 0 Å². The van der Waals surface area contributed by atoms with Crippen molar-refractivity contribution in [2.24, 2.45) is 10.8 Å². The standard InChI is InChI=1S/C8H11NO3S/c1-12-13(10,11)6-8-2-7(3-8,4-8)5-9/h2-4,6H2,1H3. The SMILES string of the molecule is COS(=O)(=O)CC12CC(C#N)(C1)C2. The normalized spacial score (nSPS) is 41.5. The van der Waals surface area contributed by atoms with Gasteiger partial charge in [-0.3, -0.25) is 4.18 Å². The molecule has 0 amide bonds. The third kappa shape index (κ3) is 1.17. The molecule has 0 aliphatic heterocycles. The van der Waals surface area contributed by atoms with E-state index in [1.54, 1.807) is 0 Å². The Bertz CT molecular complexity index is 359. The Morgan fingerprint density at radius 2 is 2.00 bits per heavy atom. The Balaban J connectivity index is 2.00. The van der Waals surface area contributed by atoms with Crippen LogP contribution in [0.3, 0.4) is 0 Å². The van der Waals surface area contributed by atoms with Crippen LogP contribution in [-0.4, -0.2) is 21.3 Å². The Hall–Kier alpha value is -0.600. The van der Waals surface area contributed by atoms with Gasteiger partial charge in [-0.2, -0.15) is 13.7 Å². The molecule has 3 fully saturated rings. The minimum Gasteiger partial charge on any atom is -0.273 e. The van der Waals surface area contributed by atoms with Crippen LogP contribution in [0, 0.1) is 22.2 Å². The summed E-state index contributed by atoms with van der Waals surface area (Å²) < 4.78 is 26.6. The number of rotatable bonds is 3. The topological polar surface area (TPSA) is 67.2 Å². The predicted octanol–water partition coefficient (Wildman–Crippen LogP) is 0.656. The van der Waals surface area contributed by atoms with Gasteiger partial charge in [-0.15, -0.1) is 0 Å². The van der Waals surface area contributed by atoms with E-state index in [0.717, 1.165) is 19.3 Å². The molecule has 13 heavy (non-hydrogen) atoms. The molecular formula is C8H11NO3S. The van der Waals surface area contributed by atoms with E-state index in [1.807, 2.05) is 0 Å². The summed E-state index contributed by atoms with van der Waals surface area (Å²) in [6.45, 7) is 0. The highest BCUT2D eigenvalue weighted by molar-refractivity contribution is 7.86. The van der Waals surface area contributed by atoms with Crippen molar-refractivity contribution in [2.45, 2.75) is 19.3 Å². The van der Waals surface area contributed by atoms with Crippen LogP contribution in [0.15, 0.2) is 0 Å². The summed E-state index contributed by atoms with van der Waals surface area (Å²) in [5.41, 5.74) is -0.298. The summed E-state index contributed by atoms with van der Waals surface area (Å²) in [5.74, 6) is 0.0833.